The Balaban J connectivity index is 0.000000267. The van der Waals surface area contributed by atoms with Gasteiger partial charge in [-0.2, -0.15) is 0 Å². The molecule has 1 aromatic heterocycles. The number of fused-ring (bicyclic) bond motifs is 1. The molecule has 0 radical (unpaired) electrons. The zero-order valence-corrected chi connectivity index (χ0v) is 22.4. The van der Waals surface area contributed by atoms with Crippen LogP contribution in [0.3, 0.4) is 0 Å². The first-order valence-electron chi connectivity index (χ1n) is 13.0. The van der Waals surface area contributed by atoms with Gasteiger partial charge < -0.3 is 11.1 Å². The Kier molecular flexibility index (Phi) is 11.6. The molecule has 1 fully saturated rings. The number of nitrogens with two attached hydrogens (primary N) is 1. The Bertz CT molecular complexity index is 1110. The van der Waals surface area contributed by atoms with Crippen LogP contribution in [0.2, 0.25) is 0 Å². The Morgan fingerprint density at radius 2 is 1.79 bits per heavy atom. The number of carbonyl (C=O) groups excluding carboxylic acids is 2. The summed E-state index contributed by atoms with van der Waals surface area (Å²) in [6, 6.07) is 12.4. The van der Waals surface area contributed by atoms with E-state index >= 15 is 0 Å². The van der Waals surface area contributed by atoms with Gasteiger partial charge in [0.1, 0.15) is 0 Å². The summed E-state index contributed by atoms with van der Waals surface area (Å²) in [6.45, 7) is 4.14. The average molecular weight is 514 g/mol. The first-order valence-corrected chi connectivity index (χ1v) is 13.0. The summed E-state index contributed by atoms with van der Waals surface area (Å²) >= 11 is 0. The van der Waals surface area contributed by atoms with Crippen molar-refractivity contribution >= 4 is 18.3 Å². The summed E-state index contributed by atoms with van der Waals surface area (Å²) in [5, 5.41) is 2.82. The van der Waals surface area contributed by atoms with Crippen molar-refractivity contribution in [3.63, 3.8) is 0 Å². The lowest BCUT2D eigenvalue weighted by Gasteiger charge is -2.40. The van der Waals surface area contributed by atoms with Crippen molar-refractivity contribution in [1.29, 1.82) is 0 Å². The van der Waals surface area contributed by atoms with Crippen molar-refractivity contribution in [3.8, 4) is 25.7 Å². The zero-order chi connectivity index (χ0) is 28.1. The number of aliphatic imine (C=N–C) groups is 1. The molecule has 2 aliphatic carbocycles. The third-order valence-electron chi connectivity index (χ3n) is 7.44. The van der Waals surface area contributed by atoms with Gasteiger partial charge in [0.15, 0.2) is 5.96 Å². The zero-order valence-electron chi connectivity index (χ0n) is 22.4. The van der Waals surface area contributed by atoms with E-state index in [9.17, 15) is 9.59 Å². The van der Waals surface area contributed by atoms with Crippen LogP contribution in [0.5, 0.6) is 0 Å². The molecule has 0 spiro atoms. The molecule has 3 aliphatic rings. The Morgan fingerprint density at radius 1 is 1.11 bits per heavy atom. The lowest BCUT2D eigenvalue weighted by atomic mass is 9.87. The first kappa shape index (κ1) is 30.1. The minimum absolute atomic E-state index is 0.0170. The maximum atomic E-state index is 12.8. The third-order valence-corrected chi connectivity index (χ3v) is 7.44. The summed E-state index contributed by atoms with van der Waals surface area (Å²) in [5.74, 6) is 0.940. The van der Waals surface area contributed by atoms with Gasteiger partial charge in [0.2, 0.25) is 12.3 Å². The van der Waals surface area contributed by atoms with Crippen LogP contribution >= 0.6 is 0 Å². The van der Waals surface area contributed by atoms with E-state index in [1.165, 1.54) is 11.1 Å². The number of hydrogen-bond donors (Lipinski definition) is 2. The number of hydrogen-bond acceptors (Lipinski definition) is 5. The minimum Gasteiger partial charge on any atom is -0.369 e. The van der Waals surface area contributed by atoms with Gasteiger partial charge in [0.25, 0.3) is 0 Å². The predicted octanol–water partition coefficient (Wildman–Crippen LogP) is 4.56. The van der Waals surface area contributed by atoms with Crippen LogP contribution in [0.1, 0.15) is 81.1 Å². The van der Waals surface area contributed by atoms with Crippen molar-refractivity contribution < 1.29 is 9.59 Å². The van der Waals surface area contributed by atoms with Crippen molar-refractivity contribution in [2.75, 3.05) is 0 Å². The van der Waals surface area contributed by atoms with E-state index in [0.29, 0.717) is 18.3 Å². The van der Waals surface area contributed by atoms with E-state index in [2.05, 4.69) is 62.0 Å². The van der Waals surface area contributed by atoms with Crippen molar-refractivity contribution in [1.82, 2.24) is 15.2 Å². The smallest absolute Gasteiger partial charge is 0.232 e. The molecular weight excluding hydrogens is 474 g/mol. The van der Waals surface area contributed by atoms with Crippen LogP contribution < -0.4 is 11.1 Å². The number of aromatic nitrogens is 1. The number of terminal acetylenes is 2. The van der Waals surface area contributed by atoms with Gasteiger partial charge in [-0.15, -0.1) is 25.7 Å². The van der Waals surface area contributed by atoms with Crippen LogP contribution in [0.4, 0.5) is 0 Å². The van der Waals surface area contributed by atoms with Crippen LogP contribution in [0, 0.1) is 31.6 Å². The summed E-state index contributed by atoms with van der Waals surface area (Å²) < 4.78 is 0. The highest BCUT2D eigenvalue weighted by Crippen LogP contribution is 2.46. The second kappa shape index (κ2) is 14.6. The van der Waals surface area contributed by atoms with Gasteiger partial charge in [-0.25, -0.2) is 4.99 Å². The molecule has 2 heterocycles. The lowest BCUT2D eigenvalue weighted by Crippen LogP contribution is -2.53. The van der Waals surface area contributed by atoms with Crippen molar-refractivity contribution in [3.05, 3.63) is 65.5 Å². The fourth-order valence-electron chi connectivity index (χ4n) is 5.19. The van der Waals surface area contributed by atoms with E-state index in [0.717, 1.165) is 50.5 Å². The molecule has 200 valence electrons. The van der Waals surface area contributed by atoms with E-state index in [4.69, 9.17) is 10.7 Å². The number of nitrogens with zero attached hydrogens (tertiary/aromatic N) is 3. The molecule has 7 nitrogen and oxygen atoms in total. The number of benzene rings is 1. The molecule has 3 N–H and O–H groups in total. The van der Waals surface area contributed by atoms with E-state index < -0.39 is 0 Å². The molecule has 38 heavy (non-hydrogen) atoms. The number of guanidine groups is 1. The van der Waals surface area contributed by atoms with E-state index in [-0.39, 0.29) is 23.5 Å². The van der Waals surface area contributed by atoms with Crippen molar-refractivity contribution in [2.24, 2.45) is 16.6 Å². The monoisotopic (exact) mass is 513 g/mol. The summed E-state index contributed by atoms with van der Waals surface area (Å²) in [7, 11) is 0. The van der Waals surface area contributed by atoms with Crippen LogP contribution in [0.25, 0.3) is 0 Å². The predicted molar refractivity (Wildman–Crippen MR) is 153 cm³/mol. The van der Waals surface area contributed by atoms with Crippen LogP contribution in [0.15, 0.2) is 53.8 Å². The number of rotatable bonds is 7. The molecule has 0 saturated heterocycles. The van der Waals surface area contributed by atoms with Crippen molar-refractivity contribution in [2.45, 2.75) is 76.4 Å². The molecule has 1 unspecified atom stereocenters. The highest BCUT2D eigenvalue weighted by molar-refractivity contribution is 5.99. The summed E-state index contributed by atoms with van der Waals surface area (Å²) in [4.78, 5) is 33.7. The van der Waals surface area contributed by atoms with Gasteiger partial charge in [0.05, 0.1) is 24.0 Å². The summed E-state index contributed by atoms with van der Waals surface area (Å²) in [5.41, 5.74) is 9.62. The highest BCUT2D eigenvalue weighted by atomic mass is 16.2. The maximum Gasteiger partial charge on any atom is 0.232 e. The second-order valence-electron chi connectivity index (χ2n) is 9.49. The first-order chi connectivity index (χ1) is 18.5. The van der Waals surface area contributed by atoms with Gasteiger partial charge >= 0.3 is 0 Å². The molecule has 2 amide bonds. The number of carbonyl (C=O) groups is 2. The molecular formula is C31H39N5O2. The molecule has 1 saturated carbocycles. The Morgan fingerprint density at radius 3 is 2.34 bits per heavy atom. The topological polar surface area (TPSA) is 101 Å². The van der Waals surface area contributed by atoms with E-state index in [1.807, 2.05) is 30.5 Å². The van der Waals surface area contributed by atoms with Gasteiger partial charge in [0, 0.05) is 12.4 Å². The maximum absolute atomic E-state index is 12.8. The van der Waals surface area contributed by atoms with Crippen LogP contribution in [-0.2, 0) is 16.0 Å². The van der Waals surface area contributed by atoms with Crippen LogP contribution in [-0.4, -0.2) is 33.7 Å². The number of amides is 2. The third kappa shape index (κ3) is 7.01. The second-order valence-corrected chi connectivity index (χ2v) is 9.49. The molecule has 2 aromatic rings. The molecule has 1 aromatic carbocycles. The molecule has 1 aliphatic heterocycles. The molecule has 5 rings (SSSR count). The van der Waals surface area contributed by atoms with Gasteiger partial charge in [-0.1, -0.05) is 44.2 Å². The van der Waals surface area contributed by atoms with E-state index in [1.54, 1.807) is 11.1 Å². The number of aryl methyl sites for hydroxylation is 1. The standard InChI is InChI=1S/C17H24N4O.C10H11NO.2C2H2/c1-3-17(4-2)10-14(22)21(16(18)20-17)15(12-7-8-12)13-6-5-9-19-11-13;12-7-11-10-6-5-8-3-1-2-4-9(8)10;2*1-2/h5-6,9,11-12,15H,3-4,7-8,10H2,1-2H3,(H2,18,20);1-4,7,10H,5-6H2,(H,11,12);2*1-2H/t;10-;;/m.0../s1. The Hall–Kier alpha value is -4.10. The molecule has 2 atom stereocenters. The number of pyridine rings is 1. The largest absolute Gasteiger partial charge is 0.369 e. The minimum atomic E-state index is -0.319. The van der Waals surface area contributed by atoms with Gasteiger partial charge in [-0.05, 0) is 67.2 Å². The SMILES string of the molecule is C#C.C#C.CCC1(CC)CC(=O)N(C(c2cccnc2)C2CC2)C(N)=N1.O=CN[C@H]1CCc2ccccc21. The fourth-order valence-corrected chi connectivity index (χ4v) is 5.19. The lowest BCUT2D eigenvalue weighted by molar-refractivity contribution is -0.132. The summed E-state index contributed by atoms with van der Waals surface area (Å²) in [6.07, 6.45) is 26.9. The highest BCUT2D eigenvalue weighted by Gasteiger charge is 2.45. The average Bonchev–Trinajstić information content (AvgIpc) is 3.73. The quantitative estimate of drug-likeness (QED) is 0.419. The molecule has 0 bridgehead atoms. The Labute approximate surface area is 227 Å². The molecule has 7 heteroatoms. The number of nitrogens with one attached hydrogen (secondary N) is 1. The fraction of sp³-hybridized carbons (Fsp3) is 0.419. The normalized spacial score (nSPS) is 19.4. The van der Waals surface area contributed by atoms with Gasteiger partial charge in [-0.3, -0.25) is 19.5 Å².